The van der Waals surface area contributed by atoms with Crippen molar-refractivity contribution in [2.75, 3.05) is 19.5 Å². The lowest BCUT2D eigenvalue weighted by Crippen LogP contribution is -2.00. The first-order valence-electron chi connectivity index (χ1n) is 5.17. The lowest BCUT2D eigenvalue weighted by atomic mass is 10.0. The van der Waals surface area contributed by atoms with Crippen LogP contribution in [0.3, 0.4) is 0 Å². The number of hydrogen-bond acceptors (Lipinski definition) is 3. The van der Waals surface area contributed by atoms with E-state index in [2.05, 4.69) is 20.7 Å². The van der Waals surface area contributed by atoms with Gasteiger partial charge in [-0.1, -0.05) is 34.1 Å². The van der Waals surface area contributed by atoms with Crippen LogP contribution in [0.15, 0.2) is 36.4 Å². The molecule has 0 radical (unpaired) electrons. The van der Waals surface area contributed by atoms with Gasteiger partial charge in [-0.2, -0.15) is 0 Å². The summed E-state index contributed by atoms with van der Waals surface area (Å²) in [6.07, 6.45) is 3.26. The smallest absolute Gasteiger partial charge is 0.330 e. The van der Waals surface area contributed by atoms with E-state index in [1.807, 2.05) is 30.3 Å². The second-order valence-electron chi connectivity index (χ2n) is 3.42. The van der Waals surface area contributed by atoms with Gasteiger partial charge in [-0.3, -0.25) is 0 Å². The minimum atomic E-state index is -0.343. The molecular weight excluding hydrogens is 284 g/mol. The van der Waals surface area contributed by atoms with Gasteiger partial charge >= 0.3 is 5.97 Å². The Hall–Kier alpha value is -1.29. The summed E-state index contributed by atoms with van der Waals surface area (Å²) in [7, 11) is 3.00. The van der Waals surface area contributed by atoms with Gasteiger partial charge in [0.2, 0.25) is 0 Å². The molecule has 17 heavy (non-hydrogen) atoms. The molecule has 0 heterocycles. The largest absolute Gasteiger partial charge is 0.497 e. The number of alkyl halides is 1. The maximum Gasteiger partial charge on any atom is 0.330 e. The third-order valence-corrected chi connectivity index (χ3v) is 3.07. The van der Waals surface area contributed by atoms with E-state index in [1.165, 1.54) is 13.2 Å². The van der Waals surface area contributed by atoms with Crippen molar-refractivity contribution in [2.24, 2.45) is 0 Å². The number of allylic oxidation sites excluding steroid dienone is 1. The zero-order valence-electron chi connectivity index (χ0n) is 9.85. The number of hydrogen-bond donors (Lipinski definition) is 0. The summed E-state index contributed by atoms with van der Waals surface area (Å²) in [4.78, 5) is 11.0. The van der Waals surface area contributed by atoms with E-state index < -0.39 is 0 Å². The van der Waals surface area contributed by atoms with E-state index in [4.69, 9.17) is 4.74 Å². The molecule has 1 aromatic rings. The maximum absolute atomic E-state index is 11.0. The fourth-order valence-electron chi connectivity index (χ4n) is 1.37. The maximum atomic E-state index is 11.0. The van der Waals surface area contributed by atoms with Gasteiger partial charge in [0.1, 0.15) is 5.75 Å². The van der Waals surface area contributed by atoms with Gasteiger partial charge in [-0.15, -0.1) is 0 Å². The second kappa shape index (κ2) is 7.12. The van der Waals surface area contributed by atoms with Crippen LogP contribution in [0.4, 0.5) is 0 Å². The van der Waals surface area contributed by atoms with Crippen molar-refractivity contribution in [1.82, 2.24) is 0 Å². The number of carbonyl (C=O) groups is 1. The van der Waals surface area contributed by atoms with Gasteiger partial charge in [0.15, 0.2) is 0 Å². The Morgan fingerprint density at radius 1 is 1.35 bits per heavy atom. The Morgan fingerprint density at radius 2 is 2.00 bits per heavy atom. The van der Waals surface area contributed by atoms with Crippen LogP contribution in [0, 0.1) is 0 Å². The van der Waals surface area contributed by atoms with Crippen LogP contribution < -0.4 is 4.74 Å². The average molecular weight is 299 g/mol. The molecule has 4 heteroatoms. The van der Waals surface area contributed by atoms with E-state index in [-0.39, 0.29) is 11.9 Å². The van der Waals surface area contributed by atoms with Crippen molar-refractivity contribution < 1.29 is 14.3 Å². The number of ether oxygens (including phenoxy) is 2. The Morgan fingerprint density at radius 3 is 2.47 bits per heavy atom. The van der Waals surface area contributed by atoms with Crippen LogP contribution in [0.5, 0.6) is 5.75 Å². The number of rotatable bonds is 5. The molecule has 0 saturated carbocycles. The van der Waals surface area contributed by atoms with Crippen molar-refractivity contribution >= 4 is 21.9 Å². The number of benzene rings is 1. The molecule has 92 valence electrons. The molecule has 0 fully saturated rings. The highest BCUT2D eigenvalue weighted by molar-refractivity contribution is 9.09. The van der Waals surface area contributed by atoms with Crippen molar-refractivity contribution in [3.05, 3.63) is 42.0 Å². The molecule has 0 aliphatic carbocycles. The summed E-state index contributed by atoms with van der Waals surface area (Å²) in [6, 6.07) is 7.76. The van der Waals surface area contributed by atoms with Gasteiger partial charge in [0, 0.05) is 17.3 Å². The number of halogens is 1. The van der Waals surface area contributed by atoms with Crippen LogP contribution in [0.1, 0.15) is 11.5 Å². The molecule has 1 atom stereocenters. The van der Waals surface area contributed by atoms with E-state index in [9.17, 15) is 4.79 Å². The average Bonchev–Trinajstić information content (AvgIpc) is 2.39. The Kier molecular flexibility index (Phi) is 5.77. The predicted octanol–water partition coefficient (Wildman–Crippen LogP) is 2.90. The molecule has 1 rings (SSSR count). The molecule has 0 spiro atoms. The zero-order chi connectivity index (χ0) is 12.7. The first-order chi connectivity index (χ1) is 8.21. The van der Waals surface area contributed by atoms with E-state index in [0.29, 0.717) is 0 Å². The van der Waals surface area contributed by atoms with Crippen LogP contribution in [-0.4, -0.2) is 25.5 Å². The summed E-state index contributed by atoms with van der Waals surface area (Å²) >= 11 is 3.43. The third-order valence-electron chi connectivity index (χ3n) is 2.38. The lowest BCUT2D eigenvalue weighted by Gasteiger charge is -2.10. The first kappa shape index (κ1) is 13.8. The van der Waals surface area contributed by atoms with Crippen LogP contribution in [0.25, 0.3) is 0 Å². The van der Waals surface area contributed by atoms with Gasteiger partial charge < -0.3 is 9.47 Å². The standard InChI is InChI=1S/C13H15BrO3/c1-16-12-6-3-10(4-7-12)11(9-14)5-8-13(15)17-2/h3-8,11H,9H2,1-2H3/b8-5+/t11-/m0/s1. The summed E-state index contributed by atoms with van der Waals surface area (Å²) in [5.74, 6) is 0.614. The molecule has 0 N–H and O–H groups in total. The summed E-state index contributed by atoms with van der Waals surface area (Å²) in [6.45, 7) is 0. The lowest BCUT2D eigenvalue weighted by molar-refractivity contribution is -0.134. The molecule has 0 aliphatic rings. The van der Waals surface area contributed by atoms with Crippen molar-refractivity contribution in [2.45, 2.75) is 5.92 Å². The van der Waals surface area contributed by atoms with Crippen LogP contribution in [-0.2, 0) is 9.53 Å². The monoisotopic (exact) mass is 298 g/mol. The number of methoxy groups -OCH3 is 2. The number of carbonyl (C=O) groups excluding carboxylic acids is 1. The normalized spacial score (nSPS) is 12.4. The van der Waals surface area contributed by atoms with Crippen LogP contribution >= 0.6 is 15.9 Å². The first-order valence-corrected chi connectivity index (χ1v) is 6.29. The number of esters is 1. The molecule has 0 bridgehead atoms. The third kappa shape index (κ3) is 4.23. The van der Waals surface area contributed by atoms with E-state index in [0.717, 1.165) is 16.6 Å². The second-order valence-corrected chi connectivity index (χ2v) is 4.06. The van der Waals surface area contributed by atoms with Crippen molar-refractivity contribution in [3.8, 4) is 5.75 Å². The Balaban J connectivity index is 2.78. The molecule has 3 nitrogen and oxygen atoms in total. The van der Waals surface area contributed by atoms with Crippen LogP contribution in [0.2, 0.25) is 0 Å². The minimum absolute atomic E-state index is 0.139. The topological polar surface area (TPSA) is 35.5 Å². The summed E-state index contributed by atoms with van der Waals surface area (Å²) in [5.41, 5.74) is 1.11. The molecule has 0 saturated heterocycles. The van der Waals surface area contributed by atoms with Crippen molar-refractivity contribution in [1.29, 1.82) is 0 Å². The van der Waals surface area contributed by atoms with Gasteiger partial charge in [-0.25, -0.2) is 4.79 Å². The highest BCUT2D eigenvalue weighted by Gasteiger charge is 2.07. The molecule has 0 aliphatic heterocycles. The predicted molar refractivity (Wildman–Crippen MR) is 70.7 cm³/mol. The van der Waals surface area contributed by atoms with Crippen molar-refractivity contribution in [3.63, 3.8) is 0 Å². The molecule has 1 aromatic carbocycles. The van der Waals surface area contributed by atoms with E-state index >= 15 is 0 Å². The zero-order valence-corrected chi connectivity index (χ0v) is 11.4. The molecule has 0 amide bonds. The quantitative estimate of drug-likeness (QED) is 0.476. The minimum Gasteiger partial charge on any atom is -0.497 e. The summed E-state index contributed by atoms with van der Waals surface area (Å²) in [5, 5.41) is 0.743. The van der Waals surface area contributed by atoms with E-state index in [1.54, 1.807) is 7.11 Å². The highest BCUT2D eigenvalue weighted by atomic mass is 79.9. The van der Waals surface area contributed by atoms with Gasteiger partial charge in [0.05, 0.1) is 14.2 Å². The SMILES string of the molecule is COC(=O)/C=C/[C@@H](CBr)c1ccc(OC)cc1. The van der Waals surface area contributed by atoms with Gasteiger partial charge in [-0.05, 0) is 17.7 Å². The molecule has 0 unspecified atom stereocenters. The summed E-state index contributed by atoms with van der Waals surface area (Å²) < 4.78 is 9.65. The molecule has 0 aromatic heterocycles. The molecular formula is C13H15BrO3. The fourth-order valence-corrected chi connectivity index (χ4v) is 1.96. The van der Waals surface area contributed by atoms with Gasteiger partial charge in [0.25, 0.3) is 0 Å². The highest BCUT2D eigenvalue weighted by Crippen LogP contribution is 2.22. The Bertz CT molecular complexity index is 384. The fraction of sp³-hybridized carbons (Fsp3) is 0.308. The Labute approximate surface area is 110 Å².